The van der Waals surface area contributed by atoms with E-state index in [2.05, 4.69) is 9.97 Å². The second kappa shape index (κ2) is 4.07. The molecule has 2 aromatic rings. The number of nitrogen functional groups attached to an aromatic ring is 1. The van der Waals surface area contributed by atoms with Gasteiger partial charge in [0.15, 0.2) is 5.69 Å². The molecule has 82 valence electrons. The highest BCUT2D eigenvalue weighted by Gasteiger charge is 2.16. The van der Waals surface area contributed by atoms with E-state index in [-0.39, 0.29) is 16.4 Å². The molecule has 16 heavy (non-hydrogen) atoms. The summed E-state index contributed by atoms with van der Waals surface area (Å²) in [6.45, 7) is 0. The van der Waals surface area contributed by atoms with Crippen molar-refractivity contribution >= 4 is 34.6 Å². The highest BCUT2D eigenvalue weighted by atomic mass is 35.5. The molecule has 0 aliphatic rings. The van der Waals surface area contributed by atoms with Crippen molar-refractivity contribution in [3.05, 3.63) is 28.4 Å². The summed E-state index contributed by atoms with van der Waals surface area (Å²) >= 11 is 7.08. The minimum absolute atomic E-state index is 0.0483. The lowest BCUT2D eigenvalue weighted by molar-refractivity contribution is 0.0691. The second-order valence-corrected chi connectivity index (χ2v) is 4.17. The molecule has 0 saturated carbocycles. The molecule has 7 heteroatoms. The third kappa shape index (κ3) is 1.84. The van der Waals surface area contributed by atoms with E-state index >= 15 is 0 Å². The van der Waals surface area contributed by atoms with Crippen molar-refractivity contribution in [2.45, 2.75) is 0 Å². The number of aromatic carboxylic acids is 1. The monoisotopic (exact) mass is 255 g/mol. The minimum atomic E-state index is -1.21. The number of hydrogen-bond acceptors (Lipinski definition) is 5. The molecule has 0 unspecified atom stereocenters. The highest BCUT2D eigenvalue weighted by molar-refractivity contribution is 7.13. The van der Waals surface area contributed by atoms with Gasteiger partial charge in [0.05, 0.1) is 10.7 Å². The average molecular weight is 256 g/mol. The molecular weight excluding hydrogens is 250 g/mol. The highest BCUT2D eigenvalue weighted by Crippen LogP contribution is 2.28. The van der Waals surface area contributed by atoms with Crippen LogP contribution in [0.1, 0.15) is 10.5 Å². The van der Waals surface area contributed by atoms with E-state index in [0.717, 1.165) is 0 Å². The predicted octanol–water partition coefficient (Wildman–Crippen LogP) is 2.14. The van der Waals surface area contributed by atoms with Crippen molar-refractivity contribution in [3.8, 4) is 10.7 Å². The number of nitrogens with zero attached hydrogens (tertiary/aromatic N) is 2. The van der Waals surface area contributed by atoms with Gasteiger partial charge in [-0.2, -0.15) is 0 Å². The summed E-state index contributed by atoms with van der Waals surface area (Å²) in [5, 5.41) is 11.2. The average Bonchev–Trinajstić information content (AvgIpc) is 2.74. The van der Waals surface area contributed by atoms with Gasteiger partial charge >= 0.3 is 5.97 Å². The van der Waals surface area contributed by atoms with Crippen LogP contribution in [0, 0.1) is 0 Å². The first kappa shape index (κ1) is 10.8. The first-order valence-electron chi connectivity index (χ1n) is 4.18. The lowest BCUT2D eigenvalue weighted by atomic mass is 10.2. The maximum Gasteiger partial charge on any atom is 0.356 e. The fourth-order valence-electron chi connectivity index (χ4n) is 1.15. The maximum atomic E-state index is 10.9. The van der Waals surface area contributed by atoms with Crippen LogP contribution < -0.4 is 5.73 Å². The lowest BCUT2D eigenvalue weighted by Gasteiger charge is -2.04. The first-order chi connectivity index (χ1) is 7.59. The van der Waals surface area contributed by atoms with Crippen LogP contribution >= 0.6 is 22.9 Å². The Morgan fingerprint density at radius 1 is 1.56 bits per heavy atom. The molecule has 0 bridgehead atoms. The number of nitrogens with two attached hydrogens (primary N) is 1. The molecule has 0 spiro atoms. The van der Waals surface area contributed by atoms with E-state index in [4.69, 9.17) is 22.4 Å². The topological polar surface area (TPSA) is 89.1 Å². The lowest BCUT2D eigenvalue weighted by Crippen LogP contribution is -2.05. The molecular formula is C9H6ClN3O2S. The van der Waals surface area contributed by atoms with E-state index < -0.39 is 5.97 Å². The van der Waals surface area contributed by atoms with E-state index in [0.29, 0.717) is 10.7 Å². The zero-order valence-electron chi connectivity index (χ0n) is 7.85. The van der Waals surface area contributed by atoms with Gasteiger partial charge in [-0.1, -0.05) is 11.6 Å². The molecule has 0 aliphatic heterocycles. The summed E-state index contributed by atoms with van der Waals surface area (Å²) in [6.07, 6.45) is 1.60. The van der Waals surface area contributed by atoms with Crippen molar-refractivity contribution < 1.29 is 9.90 Å². The number of anilines is 1. The Kier molecular flexibility index (Phi) is 2.76. The van der Waals surface area contributed by atoms with E-state index in [1.165, 1.54) is 17.4 Å². The predicted molar refractivity (Wildman–Crippen MR) is 61.7 cm³/mol. The number of halogens is 1. The van der Waals surface area contributed by atoms with Gasteiger partial charge in [0.25, 0.3) is 0 Å². The van der Waals surface area contributed by atoms with Crippen LogP contribution in [0.25, 0.3) is 10.7 Å². The smallest absolute Gasteiger partial charge is 0.356 e. The van der Waals surface area contributed by atoms with Gasteiger partial charge in [-0.15, -0.1) is 11.3 Å². The zero-order valence-corrected chi connectivity index (χ0v) is 9.42. The summed E-state index contributed by atoms with van der Waals surface area (Å²) in [4.78, 5) is 18.8. The van der Waals surface area contributed by atoms with Crippen LogP contribution in [0.4, 0.5) is 5.69 Å². The number of hydrogen-bond donors (Lipinski definition) is 2. The molecule has 0 radical (unpaired) electrons. The quantitative estimate of drug-likeness (QED) is 0.858. The molecule has 0 atom stereocenters. The summed E-state index contributed by atoms with van der Waals surface area (Å²) in [6, 6.07) is 1.51. The first-order valence-corrected chi connectivity index (χ1v) is 5.44. The third-order valence-corrected chi connectivity index (χ3v) is 3.03. The Balaban J connectivity index is 2.62. The number of carbonyl (C=O) groups is 1. The molecule has 2 heterocycles. The molecule has 5 nitrogen and oxygen atoms in total. The summed E-state index contributed by atoms with van der Waals surface area (Å²) < 4.78 is 0. The fraction of sp³-hybridized carbons (Fsp3) is 0. The van der Waals surface area contributed by atoms with Crippen molar-refractivity contribution in [3.63, 3.8) is 0 Å². The SMILES string of the molecule is Nc1cc(-c2nccs2)nc(C(=O)O)c1Cl. The Hall–Kier alpha value is -1.66. The van der Waals surface area contributed by atoms with Gasteiger partial charge in [-0.3, -0.25) is 0 Å². The molecule has 3 N–H and O–H groups in total. The van der Waals surface area contributed by atoms with Gasteiger partial charge in [0.2, 0.25) is 0 Å². The van der Waals surface area contributed by atoms with Gasteiger partial charge < -0.3 is 10.8 Å². The van der Waals surface area contributed by atoms with Crippen LogP contribution in [0.3, 0.4) is 0 Å². The van der Waals surface area contributed by atoms with Crippen LogP contribution in [-0.4, -0.2) is 21.0 Å². The number of rotatable bonds is 2. The van der Waals surface area contributed by atoms with Crippen LogP contribution in [0.2, 0.25) is 5.02 Å². The molecule has 0 amide bonds. The number of carboxylic acids is 1. The molecule has 2 aromatic heterocycles. The van der Waals surface area contributed by atoms with Gasteiger partial charge in [0, 0.05) is 11.6 Å². The van der Waals surface area contributed by atoms with Gasteiger partial charge in [-0.25, -0.2) is 14.8 Å². The molecule has 0 aromatic carbocycles. The molecule has 0 fully saturated rings. The van der Waals surface area contributed by atoms with E-state index in [1.807, 2.05) is 0 Å². The second-order valence-electron chi connectivity index (χ2n) is 2.90. The molecule has 0 saturated heterocycles. The van der Waals surface area contributed by atoms with Crippen molar-refractivity contribution in [2.24, 2.45) is 0 Å². The number of thiazole rings is 1. The van der Waals surface area contributed by atoms with Crippen molar-refractivity contribution in [1.29, 1.82) is 0 Å². The summed E-state index contributed by atoms with van der Waals surface area (Å²) in [5.74, 6) is -1.21. The van der Waals surface area contributed by atoms with Gasteiger partial charge in [-0.05, 0) is 6.07 Å². The number of pyridine rings is 1. The Bertz CT molecular complexity index is 542. The third-order valence-electron chi connectivity index (χ3n) is 1.84. The Morgan fingerprint density at radius 3 is 2.88 bits per heavy atom. The molecule has 2 rings (SSSR count). The standard InChI is InChI=1S/C9H6ClN3O2S/c10-6-4(11)3-5(8-12-1-2-16-8)13-7(6)9(14)15/h1-3H,(H2,11,13)(H,14,15). The van der Waals surface area contributed by atoms with E-state index in [1.54, 1.807) is 11.6 Å². The van der Waals surface area contributed by atoms with Crippen molar-refractivity contribution in [1.82, 2.24) is 9.97 Å². The number of aromatic nitrogens is 2. The van der Waals surface area contributed by atoms with Gasteiger partial charge in [0.1, 0.15) is 10.7 Å². The zero-order chi connectivity index (χ0) is 11.7. The summed E-state index contributed by atoms with van der Waals surface area (Å²) in [5.41, 5.74) is 5.94. The Labute approximate surface area is 99.5 Å². The van der Waals surface area contributed by atoms with E-state index in [9.17, 15) is 4.79 Å². The van der Waals surface area contributed by atoms with Crippen LogP contribution in [-0.2, 0) is 0 Å². The summed E-state index contributed by atoms with van der Waals surface area (Å²) in [7, 11) is 0. The Morgan fingerprint density at radius 2 is 2.31 bits per heavy atom. The number of carboxylic acid groups (broad SMARTS) is 1. The largest absolute Gasteiger partial charge is 0.476 e. The van der Waals surface area contributed by atoms with Crippen LogP contribution in [0.15, 0.2) is 17.6 Å². The fourth-order valence-corrected chi connectivity index (χ4v) is 1.93. The minimum Gasteiger partial charge on any atom is -0.476 e. The van der Waals surface area contributed by atoms with Crippen LogP contribution in [0.5, 0.6) is 0 Å². The van der Waals surface area contributed by atoms with Crippen molar-refractivity contribution in [2.75, 3.05) is 5.73 Å². The normalized spacial score (nSPS) is 10.3. The molecule has 0 aliphatic carbocycles. The maximum absolute atomic E-state index is 10.9.